The van der Waals surface area contributed by atoms with Crippen LogP contribution in [0.4, 0.5) is 0 Å². The molecule has 0 aliphatic rings. The van der Waals surface area contributed by atoms with Gasteiger partial charge in [-0.1, -0.05) is 11.8 Å². The van der Waals surface area contributed by atoms with E-state index in [2.05, 4.69) is 4.98 Å². The second-order valence-electron chi connectivity index (χ2n) is 3.00. The highest BCUT2D eigenvalue weighted by Crippen LogP contribution is 2.18. The first-order valence-electron chi connectivity index (χ1n) is 4.43. The Labute approximate surface area is 92.5 Å². The summed E-state index contributed by atoms with van der Waals surface area (Å²) in [7, 11) is 3.41. The van der Waals surface area contributed by atoms with Crippen LogP contribution >= 0.6 is 11.8 Å². The molecule has 0 unspecified atom stereocenters. The van der Waals surface area contributed by atoms with Crippen molar-refractivity contribution in [3.05, 3.63) is 11.4 Å². The number of hydrogen-bond donors (Lipinski definition) is 1. The van der Waals surface area contributed by atoms with Crippen molar-refractivity contribution in [1.82, 2.24) is 9.55 Å². The Morgan fingerprint density at radius 3 is 2.80 bits per heavy atom. The van der Waals surface area contributed by atoms with E-state index in [-0.39, 0.29) is 5.69 Å². The van der Waals surface area contributed by atoms with Crippen LogP contribution in [0.2, 0.25) is 0 Å². The molecule has 1 aromatic rings. The smallest absolute Gasteiger partial charge is 0.356 e. The SMILES string of the molecule is COCCc1c(C(=O)O)nc(SC)n1C. The van der Waals surface area contributed by atoms with Gasteiger partial charge in [0.05, 0.1) is 12.3 Å². The number of aromatic nitrogens is 2. The van der Waals surface area contributed by atoms with E-state index in [1.165, 1.54) is 11.8 Å². The fraction of sp³-hybridized carbons (Fsp3) is 0.556. The van der Waals surface area contributed by atoms with Crippen LogP contribution in [0, 0.1) is 0 Å². The molecule has 84 valence electrons. The third-order valence-electron chi connectivity index (χ3n) is 2.10. The zero-order chi connectivity index (χ0) is 11.4. The lowest BCUT2D eigenvalue weighted by Crippen LogP contribution is -2.08. The number of aromatic carboxylic acids is 1. The van der Waals surface area contributed by atoms with Gasteiger partial charge < -0.3 is 14.4 Å². The summed E-state index contributed by atoms with van der Waals surface area (Å²) in [6.45, 7) is 0.494. The average Bonchev–Trinajstić information content (AvgIpc) is 2.52. The number of hydrogen-bond acceptors (Lipinski definition) is 4. The first kappa shape index (κ1) is 12.1. The Balaban J connectivity index is 3.07. The number of carbonyl (C=O) groups is 1. The van der Waals surface area contributed by atoms with Crippen LogP contribution in [0.5, 0.6) is 0 Å². The zero-order valence-corrected chi connectivity index (χ0v) is 9.80. The van der Waals surface area contributed by atoms with Crippen LogP contribution in [-0.4, -0.2) is 40.6 Å². The van der Waals surface area contributed by atoms with Crippen molar-refractivity contribution in [3.63, 3.8) is 0 Å². The van der Waals surface area contributed by atoms with Gasteiger partial charge in [0.1, 0.15) is 0 Å². The predicted molar refractivity (Wildman–Crippen MR) is 57.5 cm³/mol. The van der Waals surface area contributed by atoms with Gasteiger partial charge in [0.25, 0.3) is 0 Å². The molecule has 0 aromatic carbocycles. The van der Waals surface area contributed by atoms with E-state index >= 15 is 0 Å². The van der Waals surface area contributed by atoms with Gasteiger partial charge in [-0.3, -0.25) is 0 Å². The molecule has 0 amide bonds. The molecule has 6 heteroatoms. The normalized spacial score (nSPS) is 10.6. The summed E-state index contributed by atoms with van der Waals surface area (Å²) >= 11 is 1.43. The summed E-state index contributed by atoms with van der Waals surface area (Å²) in [6, 6.07) is 0. The molecule has 0 aliphatic heterocycles. The molecule has 0 fully saturated rings. The fourth-order valence-corrected chi connectivity index (χ4v) is 1.91. The molecular formula is C9H14N2O3S. The quantitative estimate of drug-likeness (QED) is 0.765. The Hall–Kier alpha value is -1.01. The van der Waals surface area contributed by atoms with Gasteiger partial charge in [0.2, 0.25) is 0 Å². The lowest BCUT2D eigenvalue weighted by Gasteiger charge is -2.04. The zero-order valence-electron chi connectivity index (χ0n) is 8.98. The maximum absolute atomic E-state index is 10.9. The highest BCUT2D eigenvalue weighted by atomic mass is 32.2. The molecule has 0 atom stereocenters. The topological polar surface area (TPSA) is 64.3 Å². The van der Waals surface area contributed by atoms with Crippen molar-refractivity contribution in [2.45, 2.75) is 11.6 Å². The van der Waals surface area contributed by atoms with Crippen LogP contribution in [0.1, 0.15) is 16.2 Å². The predicted octanol–water partition coefficient (Wildman–Crippen LogP) is 1.03. The molecule has 0 bridgehead atoms. The van der Waals surface area contributed by atoms with Gasteiger partial charge in [0, 0.05) is 20.6 Å². The summed E-state index contributed by atoms with van der Waals surface area (Å²) < 4.78 is 6.74. The monoisotopic (exact) mass is 230 g/mol. The molecule has 0 aliphatic carbocycles. The molecule has 0 saturated heterocycles. The summed E-state index contributed by atoms with van der Waals surface area (Å²) in [6.07, 6.45) is 2.43. The van der Waals surface area contributed by atoms with Crippen molar-refractivity contribution in [1.29, 1.82) is 0 Å². The molecular weight excluding hydrogens is 216 g/mol. The van der Waals surface area contributed by atoms with E-state index in [1.54, 1.807) is 11.7 Å². The Morgan fingerprint density at radius 2 is 2.33 bits per heavy atom. The Bertz CT molecular complexity index is 362. The van der Waals surface area contributed by atoms with Gasteiger partial charge in [-0.25, -0.2) is 9.78 Å². The molecule has 1 aromatic heterocycles. The van der Waals surface area contributed by atoms with E-state index in [0.717, 1.165) is 0 Å². The van der Waals surface area contributed by atoms with Crippen molar-refractivity contribution in [2.24, 2.45) is 7.05 Å². The Kier molecular flexibility index (Phi) is 4.16. The van der Waals surface area contributed by atoms with Crippen molar-refractivity contribution in [3.8, 4) is 0 Å². The minimum atomic E-state index is -0.989. The fourth-order valence-electron chi connectivity index (χ4n) is 1.35. The maximum Gasteiger partial charge on any atom is 0.356 e. The number of thioether (sulfide) groups is 1. The summed E-state index contributed by atoms with van der Waals surface area (Å²) in [5.41, 5.74) is 0.826. The number of methoxy groups -OCH3 is 1. The number of imidazole rings is 1. The van der Waals surface area contributed by atoms with Gasteiger partial charge in [-0.15, -0.1) is 0 Å². The number of ether oxygens (including phenoxy) is 1. The molecule has 1 heterocycles. The average molecular weight is 230 g/mol. The van der Waals surface area contributed by atoms with E-state index in [1.807, 2.05) is 13.3 Å². The lowest BCUT2D eigenvalue weighted by molar-refractivity contribution is 0.0688. The van der Waals surface area contributed by atoms with Crippen LogP contribution < -0.4 is 0 Å². The third kappa shape index (κ3) is 2.51. The van der Waals surface area contributed by atoms with Crippen molar-refractivity contribution < 1.29 is 14.6 Å². The lowest BCUT2D eigenvalue weighted by atomic mass is 10.2. The maximum atomic E-state index is 10.9. The molecule has 1 N–H and O–H groups in total. The Morgan fingerprint density at radius 1 is 1.67 bits per heavy atom. The second-order valence-corrected chi connectivity index (χ2v) is 3.77. The first-order chi connectivity index (χ1) is 7.11. The minimum Gasteiger partial charge on any atom is -0.476 e. The van der Waals surface area contributed by atoms with E-state index in [9.17, 15) is 4.79 Å². The second kappa shape index (κ2) is 5.18. The van der Waals surface area contributed by atoms with Crippen molar-refractivity contribution >= 4 is 17.7 Å². The van der Waals surface area contributed by atoms with Crippen molar-refractivity contribution in [2.75, 3.05) is 20.0 Å². The van der Waals surface area contributed by atoms with Crippen LogP contribution in [0.25, 0.3) is 0 Å². The summed E-state index contributed by atoms with van der Waals surface area (Å²) in [5.74, 6) is -0.989. The number of rotatable bonds is 5. The first-order valence-corrected chi connectivity index (χ1v) is 5.66. The van der Waals surface area contributed by atoms with Gasteiger partial charge in [-0.05, 0) is 6.26 Å². The molecule has 5 nitrogen and oxygen atoms in total. The molecule has 15 heavy (non-hydrogen) atoms. The number of nitrogens with zero attached hydrogens (tertiary/aromatic N) is 2. The van der Waals surface area contributed by atoms with Crippen LogP contribution in [0.15, 0.2) is 5.16 Å². The van der Waals surface area contributed by atoms with Gasteiger partial charge in [0.15, 0.2) is 10.9 Å². The van der Waals surface area contributed by atoms with E-state index in [4.69, 9.17) is 9.84 Å². The number of carboxylic acid groups (broad SMARTS) is 1. The summed E-state index contributed by atoms with van der Waals surface area (Å²) in [4.78, 5) is 15.0. The highest BCUT2D eigenvalue weighted by molar-refractivity contribution is 7.98. The standard InChI is InChI=1S/C9H14N2O3S/c1-11-6(4-5-14-2)7(8(12)13)10-9(11)15-3/h4-5H2,1-3H3,(H,12,13). The minimum absolute atomic E-state index is 0.124. The molecule has 0 spiro atoms. The van der Waals surface area contributed by atoms with Gasteiger partial charge in [-0.2, -0.15) is 0 Å². The van der Waals surface area contributed by atoms with Crippen LogP contribution in [-0.2, 0) is 18.2 Å². The van der Waals surface area contributed by atoms with E-state index < -0.39 is 5.97 Å². The molecule has 0 radical (unpaired) electrons. The molecule has 1 rings (SSSR count). The van der Waals surface area contributed by atoms with Gasteiger partial charge >= 0.3 is 5.97 Å². The van der Waals surface area contributed by atoms with Crippen LogP contribution in [0.3, 0.4) is 0 Å². The highest BCUT2D eigenvalue weighted by Gasteiger charge is 2.19. The third-order valence-corrected chi connectivity index (χ3v) is 2.83. The molecule has 0 saturated carbocycles. The van der Waals surface area contributed by atoms with E-state index in [0.29, 0.717) is 23.9 Å². The summed E-state index contributed by atoms with van der Waals surface area (Å²) in [5, 5.41) is 9.68. The number of carboxylic acids is 1. The largest absolute Gasteiger partial charge is 0.476 e.